The van der Waals surface area contributed by atoms with Crippen LogP contribution in [0.25, 0.3) is 10.8 Å². The van der Waals surface area contributed by atoms with E-state index in [1.807, 2.05) is 41.5 Å². The van der Waals surface area contributed by atoms with Gasteiger partial charge in [-0.1, -0.05) is 19.9 Å². The van der Waals surface area contributed by atoms with Gasteiger partial charge in [0.15, 0.2) is 5.71 Å². The number of anilines is 2. The number of benzene rings is 4. The molecule has 0 bridgehead atoms. The Morgan fingerprint density at radius 2 is 1.23 bits per heavy atom. The normalized spacial score (nSPS) is 18.1. The number of nitrogens with zero attached hydrogens (tertiary/aromatic N) is 4. The molecule has 4 aromatic carbocycles. The maximum Gasteiger partial charge on any atom is 0.333 e. The lowest BCUT2D eigenvalue weighted by Crippen LogP contribution is -2.31. The number of hydroxylamine groups is 2. The van der Waals surface area contributed by atoms with E-state index in [0.29, 0.717) is 99.7 Å². The van der Waals surface area contributed by atoms with Crippen LogP contribution in [0.2, 0.25) is 0 Å². The topological polar surface area (TPSA) is 409 Å². The van der Waals surface area contributed by atoms with Crippen molar-refractivity contribution < 1.29 is 106 Å². The molecule has 0 radical (unpaired) electrons. The summed E-state index contributed by atoms with van der Waals surface area (Å²) in [4.78, 5) is 43.5. The fourth-order valence-electron chi connectivity index (χ4n) is 12.0. The number of unbranched alkanes of at least 4 members (excludes halogenated alkanes) is 2. The Balaban J connectivity index is 1.24. The molecule has 33 heteroatoms. The summed E-state index contributed by atoms with van der Waals surface area (Å²) in [7, 11) is -28.0. The predicted octanol–water partition coefficient (Wildman–Crippen LogP) is 7.45. The Labute approximate surface area is 534 Å². The van der Waals surface area contributed by atoms with Crippen LogP contribution in [0.15, 0.2) is 128 Å². The lowest BCUT2D eigenvalue weighted by atomic mass is 9.78. The van der Waals surface area contributed by atoms with Gasteiger partial charge in [0.2, 0.25) is 5.69 Å². The van der Waals surface area contributed by atoms with E-state index in [1.165, 1.54) is 18.2 Å². The van der Waals surface area contributed by atoms with E-state index in [1.54, 1.807) is 49.1 Å². The zero-order valence-electron chi connectivity index (χ0n) is 50.5. The number of rotatable bonds is 28. The van der Waals surface area contributed by atoms with Crippen LogP contribution < -0.4 is 14.5 Å². The van der Waals surface area contributed by atoms with Crippen molar-refractivity contribution in [2.24, 2.45) is 0 Å². The number of allylic oxidation sites excluding steroid dienone is 7. The van der Waals surface area contributed by atoms with Crippen LogP contribution in [0.5, 0.6) is 5.75 Å². The third-order valence-corrected chi connectivity index (χ3v) is 21.3. The Bertz CT molecular complexity index is 4460. The molecule has 3 heterocycles. The van der Waals surface area contributed by atoms with Gasteiger partial charge in [0.1, 0.15) is 22.9 Å². The van der Waals surface area contributed by atoms with Crippen LogP contribution in [0.4, 0.5) is 17.1 Å². The van der Waals surface area contributed by atoms with Crippen molar-refractivity contribution in [3.8, 4) is 5.75 Å². The maximum absolute atomic E-state index is 12.9. The van der Waals surface area contributed by atoms with Crippen molar-refractivity contribution in [2.75, 3.05) is 53.2 Å². The second-order valence-corrected chi connectivity index (χ2v) is 32.6. The highest BCUT2D eigenvalue weighted by Crippen LogP contribution is 2.50. The first-order valence-corrected chi connectivity index (χ1v) is 38.2. The lowest BCUT2D eigenvalue weighted by molar-refractivity contribution is -0.438. The molecule has 2 amide bonds. The van der Waals surface area contributed by atoms with E-state index in [4.69, 9.17) is 9.57 Å². The van der Waals surface area contributed by atoms with Gasteiger partial charge in [0.05, 0.1) is 32.5 Å². The monoisotopic (exact) mass is 1400 g/mol. The Morgan fingerprint density at radius 3 is 1.82 bits per heavy atom. The number of fused-ring (bicyclic) bond motifs is 4. The minimum Gasteiger partial charge on any atom is -0.457 e. The van der Waals surface area contributed by atoms with Gasteiger partial charge in [-0.3, -0.25) is 36.9 Å². The van der Waals surface area contributed by atoms with Crippen LogP contribution in [-0.4, -0.2) is 154 Å². The van der Waals surface area contributed by atoms with Crippen LogP contribution in [0, 0.1) is 0 Å². The molecule has 1 aliphatic carbocycles. The van der Waals surface area contributed by atoms with Crippen LogP contribution in [0.1, 0.15) is 116 Å². The van der Waals surface area contributed by atoms with Crippen LogP contribution in [0.3, 0.4) is 0 Å². The summed E-state index contributed by atoms with van der Waals surface area (Å²) in [6, 6.07) is 15.0. The molecule has 6 N–H and O–H groups in total. The minimum atomic E-state index is -5.11. The van der Waals surface area contributed by atoms with Crippen LogP contribution >= 0.6 is 0 Å². The third kappa shape index (κ3) is 17.1. The van der Waals surface area contributed by atoms with Gasteiger partial charge in [-0.15, -0.1) is 5.06 Å². The fraction of sp³-hybridized carbons (Fsp3) is 0.424. The van der Waals surface area contributed by atoms with E-state index >= 15 is 0 Å². The van der Waals surface area contributed by atoms with Crippen molar-refractivity contribution in [1.29, 1.82) is 0 Å². The highest BCUT2D eigenvalue weighted by molar-refractivity contribution is 7.87. The summed E-state index contributed by atoms with van der Waals surface area (Å²) in [6.07, 6.45) is 9.08. The molecule has 0 unspecified atom stereocenters. The molecule has 500 valence electrons. The Kier molecular flexibility index (Phi) is 21.1. The number of hydrogen-bond acceptors (Lipinski definition) is 19. The molecule has 1 fully saturated rings. The molecule has 0 atom stereocenters. The first-order chi connectivity index (χ1) is 42.6. The van der Waals surface area contributed by atoms with Gasteiger partial charge in [0, 0.05) is 90.9 Å². The van der Waals surface area contributed by atoms with Crippen LogP contribution in [-0.2, 0) is 90.8 Å². The minimum absolute atomic E-state index is 0.0424. The molecule has 4 aliphatic rings. The molecule has 92 heavy (non-hydrogen) atoms. The van der Waals surface area contributed by atoms with Gasteiger partial charge in [0.25, 0.3) is 72.5 Å². The standard InChI is InChI=1S/C59H70N4O23S6/c1-58(2)47-36-41(60(29-9-33-87(67,68)69)30-10-34-88(70,71)72)17-23-48(47)61(32-11-35-89(73,74)75)51(58)25-15-39-12-8-13-40(57(39)85-42-18-20-43(21-19-42)90(76,77)78)16-26-52-59(3,4)56-46-37-44(91(79,80)81)38-50(92(82,83)84)45(46)22-24-49(56)62(52)31-7-5-6-14-55(66)86-63-53(64)27-28-54(63)65/h15-26,36-38H,5-14,27-35H2,1-4H3,(H5-,67,68,69,70,71,72,73,74,75,76,77,78,79,80,81,82,83,84)/p+1. The van der Waals surface area contributed by atoms with Gasteiger partial charge >= 0.3 is 5.97 Å². The van der Waals surface area contributed by atoms with Gasteiger partial charge < -0.3 is 19.4 Å². The zero-order chi connectivity index (χ0) is 67.7. The first-order valence-electron chi connectivity index (χ1n) is 29.0. The predicted molar refractivity (Wildman–Crippen MR) is 337 cm³/mol. The molecule has 3 aliphatic heterocycles. The Morgan fingerprint density at radius 1 is 0.620 bits per heavy atom. The molecule has 0 aromatic heterocycles. The van der Waals surface area contributed by atoms with E-state index in [-0.39, 0.29) is 87.6 Å². The quantitative estimate of drug-likeness (QED) is 0.0139. The molecule has 27 nitrogen and oxygen atoms in total. The number of imide groups is 1. The second-order valence-electron chi connectivity index (χ2n) is 23.7. The van der Waals surface area contributed by atoms with Crippen molar-refractivity contribution in [2.45, 2.75) is 130 Å². The number of amides is 2. The average molecular weight is 1400 g/mol. The Hall–Kier alpha value is -6.76. The highest BCUT2D eigenvalue weighted by atomic mass is 32.2. The maximum atomic E-state index is 12.9. The smallest absolute Gasteiger partial charge is 0.333 e. The second kappa shape index (κ2) is 27.3. The lowest BCUT2D eigenvalue weighted by Gasteiger charge is -2.28. The summed E-state index contributed by atoms with van der Waals surface area (Å²) in [5.41, 5.74) is 3.07. The van der Waals surface area contributed by atoms with Crippen molar-refractivity contribution in [3.63, 3.8) is 0 Å². The van der Waals surface area contributed by atoms with E-state index in [0.717, 1.165) is 18.2 Å². The summed E-state index contributed by atoms with van der Waals surface area (Å²) >= 11 is 0. The molecular weight excluding hydrogens is 1330 g/mol. The molecule has 0 spiro atoms. The summed E-state index contributed by atoms with van der Waals surface area (Å²) < 4.78 is 215. The van der Waals surface area contributed by atoms with Crippen molar-refractivity contribution in [1.82, 2.24) is 5.06 Å². The average Bonchev–Trinajstić information content (AvgIpc) is 1.53. The van der Waals surface area contributed by atoms with Gasteiger partial charge in [-0.2, -0.15) is 55.1 Å². The molecule has 1 saturated heterocycles. The number of carbonyl (C=O) groups is 3. The molecule has 0 saturated carbocycles. The van der Waals surface area contributed by atoms with E-state index in [2.05, 4.69) is 0 Å². The van der Waals surface area contributed by atoms with Crippen molar-refractivity contribution in [3.05, 3.63) is 125 Å². The SMILES string of the molecule is CC1(C)C(/C=C/C2=C(Oc3ccc(S(=O)(=O)O)cc3)C(=C/C=C3/N(CCCS(=O)(=O)O)c4ccc(N(CCCS(=O)(=O)O)CCCS(=O)(=O)O)cc4C3(C)C)/CCC2)=[N+](CCCCCC(=O)ON2C(=O)CCC2=O)c2ccc3c(S(=O)(=O)O)cc(S(=O)(=O)O)cc3c21. The van der Waals surface area contributed by atoms with E-state index < -0.39 is 121 Å². The van der Waals surface area contributed by atoms with Gasteiger partial charge in [-0.05, 0) is 160 Å². The molecule has 8 rings (SSSR count). The third-order valence-electron chi connectivity index (χ3n) is 16.3. The summed E-state index contributed by atoms with van der Waals surface area (Å²) in [6.45, 7) is 7.79. The summed E-state index contributed by atoms with van der Waals surface area (Å²) in [5.74, 6) is -3.40. The van der Waals surface area contributed by atoms with E-state index in [9.17, 15) is 92.2 Å². The number of ether oxygens (including phenoxy) is 1. The first kappa shape index (κ1) is 71.1. The highest BCUT2D eigenvalue weighted by Gasteiger charge is 2.47. The van der Waals surface area contributed by atoms with Crippen molar-refractivity contribution >= 4 is 112 Å². The summed E-state index contributed by atoms with van der Waals surface area (Å²) in [5, 5.41) is 0.464. The number of hydrogen-bond donors (Lipinski definition) is 6. The number of carbonyl (C=O) groups excluding carboxylic acids is 3. The molecular formula is C59H71N4O23S6+. The van der Waals surface area contributed by atoms with Gasteiger partial charge in [-0.25, -0.2) is 4.79 Å². The zero-order valence-corrected chi connectivity index (χ0v) is 55.4. The molecule has 4 aromatic rings. The largest absolute Gasteiger partial charge is 0.457 e. The fourth-order valence-corrected chi connectivity index (χ4v) is 15.3.